The molecule has 0 aromatic heterocycles. The minimum atomic E-state index is -3.72. The summed E-state index contributed by atoms with van der Waals surface area (Å²) in [7, 11) is -3.72. The van der Waals surface area contributed by atoms with Gasteiger partial charge in [0.15, 0.2) is 0 Å². The maximum atomic E-state index is 12.3. The Morgan fingerprint density at radius 2 is 1.87 bits per heavy atom. The van der Waals surface area contributed by atoms with E-state index in [-0.39, 0.29) is 17.3 Å². The summed E-state index contributed by atoms with van der Waals surface area (Å²) in [5, 5.41) is 2.52. The third-order valence-corrected chi connectivity index (χ3v) is 4.78. The molecule has 2 aromatic carbocycles. The first-order valence-electron chi connectivity index (χ1n) is 6.52. The molecular formula is C16H13BrN2O3S. The van der Waals surface area contributed by atoms with Gasteiger partial charge in [0.25, 0.3) is 15.9 Å². The number of rotatable bonds is 5. The van der Waals surface area contributed by atoms with Gasteiger partial charge in [0.05, 0.1) is 11.4 Å². The van der Waals surface area contributed by atoms with E-state index in [0.29, 0.717) is 11.3 Å². The summed E-state index contributed by atoms with van der Waals surface area (Å²) >= 11 is 3.25. The molecule has 23 heavy (non-hydrogen) atoms. The van der Waals surface area contributed by atoms with Crippen LogP contribution in [-0.4, -0.2) is 20.9 Å². The molecule has 7 heteroatoms. The zero-order valence-electron chi connectivity index (χ0n) is 11.9. The molecule has 0 saturated heterocycles. The number of nitrogens with one attached hydrogen (secondary N) is 2. The van der Waals surface area contributed by atoms with E-state index in [1.807, 2.05) is 0 Å². The fourth-order valence-corrected chi connectivity index (χ4v) is 3.10. The molecule has 0 heterocycles. The van der Waals surface area contributed by atoms with Gasteiger partial charge in [-0.1, -0.05) is 27.9 Å². The number of hydrogen-bond acceptors (Lipinski definition) is 3. The highest BCUT2D eigenvalue weighted by atomic mass is 79.9. The fraction of sp³-hybridized carbons (Fsp3) is 0.0625. The number of anilines is 1. The average molecular weight is 393 g/mol. The number of carbonyl (C=O) groups is 1. The number of sulfonamides is 1. The summed E-state index contributed by atoms with van der Waals surface area (Å²) in [6.07, 6.45) is 5.08. The summed E-state index contributed by atoms with van der Waals surface area (Å²) < 4.78 is 27.8. The highest BCUT2D eigenvalue weighted by Gasteiger charge is 2.15. The Kier molecular flexibility index (Phi) is 5.42. The van der Waals surface area contributed by atoms with E-state index in [4.69, 9.17) is 6.42 Å². The first-order valence-corrected chi connectivity index (χ1v) is 8.80. The normalized spacial score (nSPS) is 10.6. The molecule has 0 unspecified atom stereocenters. The Labute approximate surface area is 143 Å². The van der Waals surface area contributed by atoms with Crippen molar-refractivity contribution in [3.05, 3.63) is 58.6 Å². The Morgan fingerprint density at radius 3 is 2.52 bits per heavy atom. The molecule has 0 spiro atoms. The summed E-state index contributed by atoms with van der Waals surface area (Å²) in [6.45, 7) is 0.105. The van der Waals surface area contributed by atoms with Crippen molar-refractivity contribution in [3.63, 3.8) is 0 Å². The van der Waals surface area contributed by atoms with Crippen LogP contribution >= 0.6 is 15.9 Å². The standard InChI is InChI=1S/C16H13BrN2O3S/c1-2-10-18-16(20)12-4-3-5-14(11-12)19-23(21,22)15-8-6-13(17)7-9-15/h1,3-9,11,19H,10H2,(H,18,20). The van der Waals surface area contributed by atoms with E-state index in [1.165, 1.54) is 18.2 Å². The van der Waals surface area contributed by atoms with Gasteiger partial charge in [-0.15, -0.1) is 6.42 Å². The number of terminal acetylenes is 1. The van der Waals surface area contributed by atoms with E-state index in [9.17, 15) is 13.2 Å². The van der Waals surface area contributed by atoms with E-state index in [0.717, 1.165) is 4.47 Å². The largest absolute Gasteiger partial charge is 0.341 e. The third-order valence-electron chi connectivity index (χ3n) is 2.85. The predicted molar refractivity (Wildman–Crippen MR) is 92.6 cm³/mol. The number of halogens is 1. The molecule has 0 bridgehead atoms. The second kappa shape index (κ2) is 7.31. The molecule has 0 fully saturated rings. The SMILES string of the molecule is C#CCNC(=O)c1cccc(NS(=O)(=O)c2ccc(Br)cc2)c1. The first-order chi connectivity index (χ1) is 10.9. The Hall–Kier alpha value is -2.30. The molecule has 118 valence electrons. The van der Waals surface area contributed by atoms with Crippen LogP contribution in [0.4, 0.5) is 5.69 Å². The summed E-state index contributed by atoms with van der Waals surface area (Å²) in [5.41, 5.74) is 0.609. The first kappa shape index (κ1) is 17.1. The van der Waals surface area contributed by atoms with Gasteiger partial charge in [0, 0.05) is 15.7 Å². The smallest absolute Gasteiger partial charge is 0.261 e. The predicted octanol–water partition coefficient (Wildman–Crippen LogP) is 2.61. The van der Waals surface area contributed by atoms with E-state index in [2.05, 4.69) is 31.9 Å². The second-order valence-electron chi connectivity index (χ2n) is 4.53. The fourth-order valence-electron chi connectivity index (χ4n) is 1.79. The van der Waals surface area contributed by atoms with Crippen molar-refractivity contribution in [2.24, 2.45) is 0 Å². The van der Waals surface area contributed by atoms with Gasteiger partial charge in [-0.3, -0.25) is 9.52 Å². The molecule has 0 aliphatic rings. The second-order valence-corrected chi connectivity index (χ2v) is 7.13. The van der Waals surface area contributed by atoms with Crippen molar-refractivity contribution < 1.29 is 13.2 Å². The van der Waals surface area contributed by atoms with Gasteiger partial charge in [-0.25, -0.2) is 8.42 Å². The van der Waals surface area contributed by atoms with Crippen molar-refractivity contribution in [1.29, 1.82) is 0 Å². The Balaban J connectivity index is 2.21. The quantitative estimate of drug-likeness (QED) is 0.767. The summed E-state index contributed by atoms with van der Waals surface area (Å²) in [6, 6.07) is 12.4. The molecule has 0 saturated carbocycles. The highest BCUT2D eigenvalue weighted by Crippen LogP contribution is 2.19. The lowest BCUT2D eigenvalue weighted by Crippen LogP contribution is -2.23. The van der Waals surface area contributed by atoms with Gasteiger partial charge in [-0.2, -0.15) is 0 Å². The zero-order chi connectivity index (χ0) is 16.9. The van der Waals surface area contributed by atoms with Gasteiger partial charge < -0.3 is 5.32 Å². The average Bonchev–Trinajstić information content (AvgIpc) is 2.53. The lowest BCUT2D eigenvalue weighted by atomic mass is 10.2. The molecule has 2 aromatic rings. The molecule has 0 aliphatic carbocycles. The minimum absolute atomic E-state index is 0.105. The third kappa shape index (κ3) is 4.58. The number of amides is 1. The summed E-state index contributed by atoms with van der Waals surface area (Å²) in [5.74, 6) is 1.93. The Morgan fingerprint density at radius 1 is 1.17 bits per heavy atom. The number of hydrogen-bond donors (Lipinski definition) is 2. The van der Waals surface area contributed by atoms with Crippen LogP contribution < -0.4 is 10.0 Å². The highest BCUT2D eigenvalue weighted by molar-refractivity contribution is 9.10. The maximum absolute atomic E-state index is 12.3. The van der Waals surface area contributed by atoms with Crippen LogP contribution in [0.1, 0.15) is 10.4 Å². The molecule has 2 rings (SSSR count). The van der Waals surface area contributed by atoms with Gasteiger partial charge in [0.1, 0.15) is 0 Å². The topological polar surface area (TPSA) is 75.3 Å². The van der Waals surface area contributed by atoms with Crippen LogP contribution in [-0.2, 0) is 10.0 Å². The monoisotopic (exact) mass is 392 g/mol. The Bertz CT molecular complexity index is 856. The number of carbonyl (C=O) groups excluding carboxylic acids is 1. The van der Waals surface area contributed by atoms with Crippen LogP contribution in [0, 0.1) is 12.3 Å². The van der Waals surface area contributed by atoms with Crippen LogP contribution in [0.2, 0.25) is 0 Å². The van der Waals surface area contributed by atoms with Crippen LogP contribution in [0.3, 0.4) is 0 Å². The van der Waals surface area contributed by atoms with Crippen molar-refractivity contribution in [2.45, 2.75) is 4.90 Å². The van der Waals surface area contributed by atoms with Crippen LogP contribution in [0.5, 0.6) is 0 Å². The molecular weight excluding hydrogens is 380 g/mol. The minimum Gasteiger partial charge on any atom is -0.341 e. The lowest BCUT2D eigenvalue weighted by Gasteiger charge is -2.09. The molecule has 0 atom stereocenters. The molecule has 2 N–H and O–H groups in total. The maximum Gasteiger partial charge on any atom is 0.261 e. The van der Waals surface area contributed by atoms with Crippen molar-refractivity contribution in [3.8, 4) is 12.3 Å². The zero-order valence-corrected chi connectivity index (χ0v) is 14.3. The van der Waals surface area contributed by atoms with E-state index < -0.39 is 10.0 Å². The van der Waals surface area contributed by atoms with Crippen molar-refractivity contribution in [2.75, 3.05) is 11.3 Å². The van der Waals surface area contributed by atoms with Gasteiger partial charge >= 0.3 is 0 Å². The molecule has 0 aliphatic heterocycles. The molecule has 1 amide bonds. The number of benzene rings is 2. The lowest BCUT2D eigenvalue weighted by molar-refractivity contribution is 0.0958. The molecule has 5 nitrogen and oxygen atoms in total. The molecule has 0 radical (unpaired) electrons. The summed E-state index contributed by atoms with van der Waals surface area (Å²) in [4.78, 5) is 12.0. The van der Waals surface area contributed by atoms with E-state index in [1.54, 1.807) is 30.3 Å². The van der Waals surface area contributed by atoms with E-state index >= 15 is 0 Å². The van der Waals surface area contributed by atoms with Crippen molar-refractivity contribution >= 4 is 37.5 Å². The van der Waals surface area contributed by atoms with Gasteiger partial charge in [0.2, 0.25) is 0 Å². The van der Waals surface area contributed by atoms with Crippen LogP contribution in [0.15, 0.2) is 57.9 Å². The van der Waals surface area contributed by atoms with Crippen molar-refractivity contribution in [1.82, 2.24) is 5.32 Å². The van der Waals surface area contributed by atoms with Gasteiger partial charge in [-0.05, 0) is 42.5 Å². The van der Waals surface area contributed by atoms with Crippen LogP contribution in [0.25, 0.3) is 0 Å².